The molecule has 3 heterocycles. The molecule has 0 fully saturated rings. The third kappa shape index (κ3) is 2.33. The van der Waals surface area contributed by atoms with Crippen LogP contribution in [0, 0.1) is 0 Å². The fourth-order valence-corrected chi connectivity index (χ4v) is 3.70. The Labute approximate surface area is 133 Å². The minimum atomic E-state index is -0.343. The molecule has 0 unspecified atom stereocenters. The number of hydrogen-bond acceptors (Lipinski definition) is 3. The lowest BCUT2D eigenvalue weighted by molar-refractivity contribution is -0.125. The van der Waals surface area contributed by atoms with Crippen molar-refractivity contribution in [3.05, 3.63) is 46.3 Å². The summed E-state index contributed by atoms with van der Waals surface area (Å²) in [5.41, 5.74) is 2.49. The lowest BCUT2D eigenvalue weighted by Crippen LogP contribution is -2.47. The molecule has 0 aromatic carbocycles. The highest BCUT2D eigenvalue weighted by molar-refractivity contribution is 7.08. The van der Waals surface area contributed by atoms with Crippen molar-refractivity contribution in [2.75, 3.05) is 19.6 Å². The molecule has 1 aromatic heterocycles. The Bertz CT molecular complexity index is 636. The number of nitrogens with one attached hydrogen (secondary N) is 1. The van der Waals surface area contributed by atoms with Crippen molar-refractivity contribution in [3.8, 4) is 0 Å². The summed E-state index contributed by atoms with van der Waals surface area (Å²) >= 11 is 1.56. The summed E-state index contributed by atoms with van der Waals surface area (Å²) in [7, 11) is 0. The van der Waals surface area contributed by atoms with E-state index < -0.39 is 0 Å². The normalized spacial score (nSPS) is 21.2. The zero-order valence-electron chi connectivity index (χ0n) is 12.5. The zero-order valence-corrected chi connectivity index (χ0v) is 13.4. The Hall–Kier alpha value is -2.08. The SMILES string of the molecule is C=CCN1C(=O)N[C@@H](c2ccsc2)C2=C1CN(CCC)C2=O. The van der Waals surface area contributed by atoms with Crippen molar-refractivity contribution in [3.63, 3.8) is 0 Å². The van der Waals surface area contributed by atoms with Gasteiger partial charge in [-0.05, 0) is 28.8 Å². The van der Waals surface area contributed by atoms with Crippen LogP contribution >= 0.6 is 11.3 Å². The van der Waals surface area contributed by atoms with Gasteiger partial charge >= 0.3 is 6.03 Å². The van der Waals surface area contributed by atoms with Gasteiger partial charge in [0.05, 0.1) is 23.9 Å². The molecule has 2 aliphatic rings. The molecular weight excluding hydrogens is 298 g/mol. The topological polar surface area (TPSA) is 52.7 Å². The van der Waals surface area contributed by atoms with Crippen molar-refractivity contribution in [1.29, 1.82) is 0 Å². The molecule has 1 aromatic rings. The first-order chi connectivity index (χ1) is 10.7. The van der Waals surface area contributed by atoms with Crippen LogP contribution in [-0.2, 0) is 4.79 Å². The average Bonchev–Trinajstić information content (AvgIpc) is 3.12. The van der Waals surface area contributed by atoms with Crippen molar-refractivity contribution in [2.24, 2.45) is 0 Å². The van der Waals surface area contributed by atoms with Gasteiger partial charge in [-0.1, -0.05) is 13.0 Å². The molecule has 22 heavy (non-hydrogen) atoms. The van der Waals surface area contributed by atoms with Gasteiger partial charge in [0, 0.05) is 13.1 Å². The molecular formula is C16H19N3O2S. The Morgan fingerprint density at radius 2 is 2.32 bits per heavy atom. The van der Waals surface area contributed by atoms with Crippen molar-refractivity contribution in [1.82, 2.24) is 15.1 Å². The second-order valence-corrected chi connectivity index (χ2v) is 6.21. The fourth-order valence-electron chi connectivity index (χ4n) is 3.01. The van der Waals surface area contributed by atoms with E-state index in [0.29, 0.717) is 25.2 Å². The van der Waals surface area contributed by atoms with Crippen LogP contribution in [0.25, 0.3) is 0 Å². The van der Waals surface area contributed by atoms with Crippen LogP contribution in [0.4, 0.5) is 4.79 Å². The van der Waals surface area contributed by atoms with Crippen molar-refractivity contribution < 1.29 is 9.59 Å². The smallest absolute Gasteiger partial charge is 0.322 e. The molecule has 1 atom stereocenters. The Kier molecular flexibility index (Phi) is 4.02. The second kappa shape index (κ2) is 5.96. The number of carbonyl (C=O) groups is 2. The third-order valence-electron chi connectivity index (χ3n) is 3.98. The van der Waals surface area contributed by atoms with Crippen LogP contribution in [-0.4, -0.2) is 41.4 Å². The number of urea groups is 1. The summed E-state index contributed by atoms with van der Waals surface area (Å²) in [5.74, 6) is 0.0297. The lowest BCUT2D eigenvalue weighted by atomic mass is 9.98. The number of thiophene rings is 1. The molecule has 5 nitrogen and oxygen atoms in total. The minimum Gasteiger partial charge on any atom is -0.333 e. The maximum absolute atomic E-state index is 12.8. The van der Waals surface area contributed by atoms with E-state index in [2.05, 4.69) is 11.9 Å². The molecule has 0 saturated heterocycles. The van der Waals surface area contributed by atoms with Gasteiger partial charge in [0.2, 0.25) is 0 Å². The molecule has 6 heteroatoms. The average molecular weight is 317 g/mol. The maximum Gasteiger partial charge on any atom is 0.322 e. The van der Waals surface area contributed by atoms with Gasteiger partial charge in [-0.15, -0.1) is 6.58 Å². The highest BCUT2D eigenvalue weighted by atomic mass is 32.1. The number of amides is 3. The van der Waals surface area contributed by atoms with E-state index in [1.54, 1.807) is 22.3 Å². The van der Waals surface area contributed by atoms with Gasteiger partial charge in [-0.3, -0.25) is 9.69 Å². The van der Waals surface area contributed by atoms with Crippen LogP contribution in [0.3, 0.4) is 0 Å². The number of carbonyl (C=O) groups excluding carboxylic acids is 2. The first-order valence-corrected chi connectivity index (χ1v) is 8.35. The molecule has 3 rings (SSSR count). The summed E-state index contributed by atoms with van der Waals surface area (Å²) in [6.07, 6.45) is 2.58. The Morgan fingerprint density at radius 3 is 2.95 bits per heavy atom. The van der Waals surface area contributed by atoms with Gasteiger partial charge in [-0.2, -0.15) is 11.3 Å². The summed E-state index contributed by atoms with van der Waals surface area (Å²) in [6.45, 7) is 7.37. The van der Waals surface area contributed by atoms with E-state index >= 15 is 0 Å². The van der Waals surface area contributed by atoms with Crippen molar-refractivity contribution in [2.45, 2.75) is 19.4 Å². The van der Waals surface area contributed by atoms with Crippen LogP contribution < -0.4 is 5.32 Å². The molecule has 0 radical (unpaired) electrons. The summed E-state index contributed by atoms with van der Waals surface area (Å²) in [6, 6.07) is 1.45. The Balaban J connectivity index is 2.03. The monoisotopic (exact) mass is 317 g/mol. The van der Waals surface area contributed by atoms with Gasteiger partial charge in [0.1, 0.15) is 0 Å². The molecule has 0 saturated carbocycles. The minimum absolute atomic E-state index is 0.0297. The van der Waals surface area contributed by atoms with E-state index in [1.807, 2.05) is 28.7 Å². The van der Waals surface area contributed by atoms with Crippen LogP contribution in [0.5, 0.6) is 0 Å². The predicted octanol–water partition coefficient (Wildman–Crippen LogP) is 2.51. The highest BCUT2D eigenvalue weighted by Crippen LogP contribution is 2.36. The predicted molar refractivity (Wildman–Crippen MR) is 86.4 cm³/mol. The van der Waals surface area contributed by atoms with Gasteiger partial charge in [0.15, 0.2) is 0 Å². The third-order valence-corrected chi connectivity index (χ3v) is 4.68. The standard InChI is InChI=1S/C16H19N3O2S/c1-3-6-18-9-12-13(15(18)20)14(11-5-8-22-10-11)17-16(21)19(12)7-4-2/h4-5,8,10,14H,2-3,6-7,9H2,1H3,(H,17,21)/t14-/m0/s1. The molecule has 116 valence electrons. The molecule has 0 bridgehead atoms. The van der Waals surface area contributed by atoms with E-state index in [9.17, 15) is 9.59 Å². The van der Waals surface area contributed by atoms with Crippen molar-refractivity contribution >= 4 is 23.3 Å². The lowest BCUT2D eigenvalue weighted by Gasteiger charge is -2.32. The highest BCUT2D eigenvalue weighted by Gasteiger charge is 2.43. The molecule has 0 spiro atoms. The van der Waals surface area contributed by atoms with E-state index in [4.69, 9.17) is 0 Å². The Morgan fingerprint density at radius 1 is 1.50 bits per heavy atom. The first-order valence-electron chi connectivity index (χ1n) is 7.40. The van der Waals surface area contributed by atoms with Crippen LogP contribution in [0.1, 0.15) is 24.9 Å². The largest absolute Gasteiger partial charge is 0.333 e. The first kappa shape index (κ1) is 14.8. The molecule has 0 aliphatic carbocycles. The van der Waals surface area contributed by atoms with E-state index in [1.165, 1.54) is 0 Å². The van der Waals surface area contributed by atoms with Gasteiger partial charge in [-0.25, -0.2) is 4.79 Å². The molecule has 2 aliphatic heterocycles. The summed E-state index contributed by atoms with van der Waals surface area (Å²) in [5, 5.41) is 6.90. The van der Waals surface area contributed by atoms with Crippen LogP contribution in [0.2, 0.25) is 0 Å². The summed E-state index contributed by atoms with van der Waals surface area (Å²) in [4.78, 5) is 28.6. The van der Waals surface area contributed by atoms with E-state index in [-0.39, 0.29) is 18.0 Å². The summed E-state index contributed by atoms with van der Waals surface area (Å²) < 4.78 is 0. The van der Waals surface area contributed by atoms with Crippen LogP contribution in [0.15, 0.2) is 40.8 Å². The second-order valence-electron chi connectivity index (χ2n) is 5.43. The van der Waals surface area contributed by atoms with Gasteiger partial charge < -0.3 is 10.2 Å². The quantitative estimate of drug-likeness (QED) is 0.848. The van der Waals surface area contributed by atoms with E-state index in [0.717, 1.165) is 17.7 Å². The maximum atomic E-state index is 12.8. The molecule has 1 N–H and O–H groups in total. The molecule has 3 amide bonds. The zero-order chi connectivity index (χ0) is 15.7. The fraction of sp³-hybridized carbons (Fsp3) is 0.375. The van der Waals surface area contributed by atoms with Gasteiger partial charge in [0.25, 0.3) is 5.91 Å². The number of nitrogens with zero attached hydrogens (tertiary/aromatic N) is 2. The number of rotatable bonds is 5. The number of hydrogen-bond donors (Lipinski definition) is 1.